The van der Waals surface area contributed by atoms with Gasteiger partial charge in [0.1, 0.15) is 0 Å². The zero-order chi connectivity index (χ0) is 19.1. The third-order valence-corrected chi connectivity index (χ3v) is 1.60. The van der Waals surface area contributed by atoms with Gasteiger partial charge in [-0.15, -0.1) is 0 Å². The van der Waals surface area contributed by atoms with Gasteiger partial charge >= 0.3 is 36.7 Å². The first-order valence-corrected chi connectivity index (χ1v) is 4.46. The molecule has 23 heavy (non-hydrogen) atoms. The average molecular weight is 382 g/mol. The lowest BCUT2D eigenvalue weighted by Gasteiger charge is -2.31. The lowest BCUT2D eigenvalue weighted by Crippen LogP contribution is -2.54. The maximum Gasteiger partial charge on any atom is 0.483 e. The lowest BCUT2D eigenvalue weighted by molar-refractivity contribution is -0.534. The van der Waals surface area contributed by atoms with Crippen LogP contribution in [0.3, 0.4) is 0 Å². The molecule has 0 aromatic rings. The number of halogens is 14. The standard InChI is InChI=1S/C7F14O2/c8-1(2(9)10)3(11,12)22-6(18,19)7(20,21)23-5(16,17)4(13,14)15. The molecule has 16 heteroatoms. The van der Waals surface area contributed by atoms with E-state index in [2.05, 4.69) is 0 Å². The van der Waals surface area contributed by atoms with Crippen LogP contribution in [0.2, 0.25) is 0 Å². The molecule has 0 atom stereocenters. The average Bonchev–Trinajstić information content (AvgIpc) is 2.22. The molecule has 0 aromatic carbocycles. The van der Waals surface area contributed by atoms with E-state index >= 15 is 0 Å². The summed E-state index contributed by atoms with van der Waals surface area (Å²) in [5.41, 5.74) is 0. The fourth-order valence-electron chi connectivity index (χ4n) is 0.653. The van der Waals surface area contributed by atoms with Gasteiger partial charge in [0.05, 0.1) is 0 Å². The van der Waals surface area contributed by atoms with Crippen LogP contribution in [0.25, 0.3) is 0 Å². The highest BCUT2D eigenvalue weighted by Gasteiger charge is 2.73. The van der Waals surface area contributed by atoms with Crippen molar-refractivity contribution < 1.29 is 70.9 Å². The van der Waals surface area contributed by atoms with E-state index in [1.807, 2.05) is 0 Å². The van der Waals surface area contributed by atoms with E-state index < -0.39 is 42.5 Å². The van der Waals surface area contributed by atoms with Gasteiger partial charge in [-0.3, -0.25) is 0 Å². The van der Waals surface area contributed by atoms with Crippen LogP contribution in [0.1, 0.15) is 0 Å². The molecule has 0 radical (unpaired) electrons. The molecule has 0 aliphatic carbocycles. The quantitative estimate of drug-likeness (QED) is 0.600. The summed E-state index contributed by atoms with van der Waals surface area (Å²) in [4.78, 5) is 0. The Hall–Kier alpha value is -1.32. The Morgan fingerprint density at radius 1 is 0.522 bits per heavy atom. The second-order valence-electron chi connectivity index (χ2n) is 3.34. The molecule has 2 nitrogen and oxygen atoms in total. The largest absolute Gasteiger partial charge is 0.483 e. The van der Waals surface area contributed by atoms with Crippen molar-refractivity contribution in [3.05, 3.63) is 11.9 Å². The molecule has 138 valence electrons. The van der Waals surface area contributed by atoms with E-state index in [0.29, 0.717) is 0 Å². The second kappa shape index (κ2) is 5.95. The predicted molar refractivity (Wildman–Crippen MR) is 38.4 cm³/mol. The van der Waals surface area contributed by atoms with Crippen LogP contribution in [-0.4, -0.2) is 30.6 Å². The third-order valence-electron chi connectivity index (χ3n) is 1.60. The maximum absolute atomic E-state index is 12.5. The summed E-state index contributed by atoms with van der Waals surface area (Å²) in [5.74, 6) is -4.12. The Kier molecular flexibility index (Phi) is 5.61. The smallest absolute Gasteiger partial charge is 0.242 e. The molecule has 0 spiro atoms. The molecule has 0 aliphatic rings. The van der Waals surface area contributed by atoms with Crippen LogP contribution in [0.4, 0.5) is 61.5 Å². The Bertz CT molecular complexity index is 458. The van der Waals surface area contributed by atoms with Gasteiger partial charge < -0.3 is 0 Å². The van der Waals surface area contributed by atoms with Crippen molar-refractivity contribution in [2.24, 2.45) is 0 Å². The number of alkyl halides is 11. The molecule has 0 saturated heterocycles. The van der Waals surface area contributed by atoms with Gasteiger partial charge in [0.15, 0.2) is 0 Å². The summed E-state index contributed by atoms with van der Waals surface area (Å²) >= 11 is 0. The topological polar surface area (TPSA) is 18.5 Å². The highest BCUT2D eigenvalue weighted by atomic mass is 19.4. The first kappa shape index (κ1) is 21.7. The highest BCUT2D eigenvalue weighted by molar-refractivity contribution is 5.00. The molecule has 0 amide bonds. The minimum absolute atomic E-state index is 1.41. The van der Waals surface area contributed by atoms with Gasteiger partial charge in [-0.1, -0.05) is 0 Å². The summed E-state index contributed by atoms with van der Waals surface area (Å²) in [6.07, 6.45) is -38.7. The molecule has 0 N–H and O–H groups in total. The normalized spacial score (nSPS) is 14.9. The molecule has 0 saturated carbocycles. The van der Waals surface area contributed by atoms with Crippen LogP contribution in [0, 0.1) is 0 Å². The maximum atomic E-state index is 12.5. The molecular weight excluding hydrogens is 382 g/mol. The van der Waals surface area contributed by atoms with Crippen molar-refractivity contribution in [2.45, 2.75) is 30.6 Å². The molecule has 0 bridgehead atoms. The molecule has 0 unspecified atom stereocenters. The summed E-state index contributed by atoms with van der Waals surface area (Å²) in [5, 5.41) is 0. The minimum atomic E-state index is -7.12. The van der Waals surface area contributed by atoms with E-state index in [-0.39, 0.29) is 0 Å². The van der Waals surface area contributed by atoms with Gasteiger partial charge in [-0.25, -0.2) is 9.47 Å². The van der Waals surface area contributed by atoms with Crippen molar-refractivity contribution in [1.29, 1.82) is 0 Å². The summed E-state index contributed by atoms with van der Waals surface area (Å²) in [6.45, 7) is 0. The SMILES string of the molecule is FC(F)=C(F)C(F)(F)OC(F)(F)C(F)(F)OC(F)(F)C(F)(F)F. The Morgan fingerprint density at radius 3 is 1.17 bits per heavy atom. The monoisotopic (exact) mass is 382 g/mol. The van der Waals surface area contributed by atoms with Gasteiger partial charge in [-0.2, -0.15) is 61.5 Å². The van der Waals surface area contributed by atoms with E-state index in [1.54, 1.807) is 4.74 Å². The Balaban J connectivity index is 5.54. The van der Waals surface area contributed by atoms with Gasteiger partial charge in [0.2, 0.25) is 0 Å². The summed E-state index contributed by atoms with van der Waals surface area (Å²) < 4.78 is 171. The fourth-order valence-corrected chi connectivity index (χ4v) is 0.653. The van der Waals surface area contributed by atoms with Gasteiger partial charge in [-0.05, 0) is 0 Å². The molecule has 0 aliphatic heterocycles. The summed E-state index contributed by atoms with van der Waals surface area (Å²) in [6, 6.07) is 0. The minimum Gasteiger partial charge on any atom is -0.242 e. The molecular formula is C7F14O2. The zero-order valence-electron chi connectivity index (χ0n) is 9.61. The van der Waals surface area contributed by atoms with E-state index in [1.165, 1.54) is 4.74 Å². The number of ether oxygens (including phenoxy) is 2. The predicted octanol–water partition coefficient (Wildman–Crippen LogP) is 5.03. The Morgan fingerprint density at radius 2 is 0.870 bits per heavy atom. The molecule has 0 aromatic heterocycles. The van der Waals surface area contributed by atoms with Crippen LogP contribution in [-0.2, 0) is 9.47 Å². The number of hydrogen-bond donors (Lipinski definition) is 0. The van der Waals surface area contributed by atoms with E-state index in [0.717, 1.165) is 0 Å². The molecule has 0 rings (SSSR count). The first-order valence-electron chi connectivity index (χ1n) is 4.46. The number of rotatable bonds is 6. The fraction of sp³-hybridized carbons (Fsp3) is 0.714. The summed E-state index contributed by atoms with van der Waals surface area (Å²) in [7, 11) is 0. The Labute approximate surface area is 115 Å². The van der Waals surface area contributed by atoms with Crippen LogP contribution in [0.15, 0.2) is 11.9 Å². The number of hydrogen-bond acceptors (Lipinski definition) is 2. The van der Waals surface area contributed by atoms with E-state index in [9.17, 15) is 61.5 Å². The molecule has 0 fully saturated rings. The van der Waals surface area contributed by atoms with Crippen molar-refractivity contribution in [2.75, 3.05) is 0 Å². The van der Waals surface area contributed by atoms with Crippen LogP contribution < -0.4 is 0 Å². The van der Waals surface area contributed by atoms with Crippen LogP contribution in [0.5, 0.6) is 0 Å². The van der Waals surface area contributed by atoms with Gasteiger partial charge in [0.25, 0.3) is 5.83 Å². The molecule has 0 heterocycles. The highest BCUT2D eigenvalue weighted by Crippen LogP contribution is 2.48. The van der Waals surface area contributed by atoms with Crippen molar-refractivity contribution in [3.63, 3.8) is 0 Å². The van der Waals surface area contributed by atoms with Crippen molar-refractivity contribution in [1.82, 2.24) is 0 Å². The lowest BCUT2D eigenvalue weighted by atomic mass is 10.5. The third kappa shape index (κ3) is 4.82. The van der Waals surface area contributed by atoms with Crippen LogP contribution >= 0.6 is 0 Å². The van der Waals surface area contributed by atoms with Crippen molar-refractivity contribution in [3.8, 4) is 0 Å². The van der Waals surface area contributed by atoms with Gasteiger partial charge in [0, 0.05) is 0 Å². The van der Waals surface area contributed by atoms with E-state index in [4.69, 9.17) is 0 Å². The first-order chi connectivity index (χ1) is 9.77. The van der Waals surface area contributed by atoms with Crippen molar-refractivity contribution >= 4 is 0 Å². The zero-order valence-corrected chi connectivity index (χ0v) is 9.61. The second-order valence-corrected chi connectivity index (χ2v) is 3.34.